The van der Waals surface area contributed by atoms with Crippen molar-refractivity contribution in [3.8, 4) is 0 Å². The minimum Gasteiger partial charge on any atom is -0.376 e. The van der Waals surface area contributed by atoms with E-state index in [0.29, 0.717) is 13.2 Å². The third kappa shape index (κ3) is 2.78. The van der Waals surface area contributed by atoms with Gasteiger partial charge in [-0.15, -0.1) is 0 Å². The number of hydrogen-bond donors (Lipinski definition) is 3. The third-order valence-corrected chi connectivity index (χ3v) is 2.44. The van der Waals surface area contributed by atoms with Gasteiger partial charge in [-0.25, -0.2) is 9.89 Å². The van der Waals surface area contributed by atoms with Gasteiger partial charge in [-0.2, -0.15) is 5.10 Å². The largest absolute Gasteiger partial charge is 0.376 e. The molecule has 1 atom stereocenters. The van der Waals surface area contributed by atoms with Gasteiger partial charge < -0.3 is 10.1 Å². The Bertz CT molecular complexity index is 514. The van der Waals surface area contributed by atoms with Gasteiger partial charge in [0.15, 0.2) is 0 Å². The highest BCUT2D eigenvalue weighted by atomic mass is 16.5. The fraction of sp³-hybridized carbons (Fsp3) is 0.556. The number of aromatic amines is 2. The Kier molecular flexibility index (Phi) is 3.33. The Morgan fingerprint density at radius 1 is 1.53 bits per heavy atom. The van der Waals surface area contributed by atoms with E-state index in [4.69, 9.17) is 4.74 Å². The average Bonchev–Trinajstić information content (AvgIpc) is 2.78. The average molecular weight is 240 g/mol. The smallest absolute Gasteiger partial charge is 0.342 e. The number of nitrogens with one attached hydrogen (secondary N) is 3. The number of aromatic nitrogens is 3. The number of carbonyl (C=O) groups excluding carboxylic acids is 1. The zero-order valence-electron chi connectivity index (χ0n) is 8.99. The molecule has 1 amide bonds. The Morgan fingerprint density at radius 3 is 3.00 bits per heavy atom. The first kappa shape index (κ1) is 11.5. The quantitative estimate of drug-likeness (QED) is 0.586. The van der Waals surface area contributed by atoms with Crippen LogP contribution in [0.25, 0.3) is 0 Å². The molecule has 0 aromatic carbocycles. The zero-order valence-corrected chi connectivity index (χ0v) is 8.99. The summed E-state index contributed by atoms with van der Waals surface area (Å²) in [4.78, 5) is 35.4. The maximum Gasteiger partial charge on any atom is 0.342 e. The lowest BCUT2D eigenvalue weighted by atomic mass is 10.2. The number of nitrogens with zero attached hydrogens (tertiary/aromatic N) is 1. The van der Waals surface area contributed by atoms with Crippen LogP contribution in [0.4, 0.5) is 0 Å². The normalized spacial score (nSPS) is 19.2. The summed E-state index contributed by atoms with van der Waals surface area (Å²) in [6.45, 7) is 1.02. The van der Waals surface area contributed by atoms with Crippen LogP contribution < -0.4 is 16.6 Å². The summed E-state index contributed by atoms with van der Waals surface area (Å²) in [7, 11) is 0. The standard InChI is InChI=1S/C9H12N4O4/c14-7(10-4-5-2-1-3-17-5)6-8(15)11-9(16)13-12-6/h5H,1-4H2,(H,10,14)(H2,11,13,15,16). The van der Waals surface area contributed by atoms with Gasteiger partial charge in [0, 0.05) is 13.2 Å². The predicted octanol–water partition coefficient (Wildman–Crippen LogP) is -1.63. The molecule has 8 heteroatoms. The maximum absolute atomic E-state index is 11.6. The Hall–Kier alpha value is -1.96. The minimum absolute atomic E-state index is 0.0132. The van der Waals surface area contributed by atoms with E-state index < -0.39 is 17.2 Å². The molecule has 1 unspecified atom stereocenters. The van der Waals surface area contributed by atoms with Crippen molar-refractivity contribution in [2.75, 3.05) is 13.2 Å². The van der Waals surface area contributed by atoms with Gasteiger partial charge in [-0.05, 0) is 12.8 Å². The molecule has 0 radical (unpaired) electrons. The molecule has 0 spiro atoms. The number of hydrogen-bond acceptors (Lipinski definition) is 5. The van der Waals surface area contributed by atoms with Crippen molar-refractivity contribution in [1.82, 2.24) is 20.5 Å². The molecule has 2 heterocycles. The lowest BCUT2D eigenvalue weighted by Gasteiger charge is -2.09. The van der Waals surface area contributed by atoms with Gasteiger partial charge in [-0.3, -0.25) is 14.6 Å². The monoisotopic (exact) mass is 240 g/mol. The first-order valence-electron chi connectivity index (χ1n) is 5.25. The van der Waals surface area contributed by atoms with Crippen LogP contribution in [0, 0.1) is 0 Å². The fourth-order valence-corrected chi connectivity index (χ4v) is 1.60. The summed E-state index contributed by atoms with van der Waals surface area (Å²) in [6, 6.07) is 0. The van der Waals surface area contributed by atoms with Crippen LogP contribution in [0.15, 0.2) is 9.59 Å². The molecule has 1 aliphatic heterocycles. The molecule has 1 fully saturated rings. The van der Waals surface area contributed by atoms with Crippen LogP contribution in [0.3, 0.4) is 0 Å². The molecule has 3 N–H and O–H groups in total. The topological polar surface area (TPSA) is 117 Å². The Labute approximate surface area is 95.4 Å². The molecule has 8 nitrogen and oxygen atoms in total. The molecule has 1 saturated heterocycles. The van der Waals surface area contributed by atoms with Crippen LogP contribution in [0.1, 0.15) is 23.3 Å². The van der Waals surface area contributed by atoms with E-state index in [1.54, 1.807) is 0 Å². The zero-order chi connectivity index (χ0) is 12.3. The van der Waals surface area contributed by atoms with E-state index in [9.17, 15) is 14.4 Å². The lowest BCUT2D eigenvalue weighted by Crippen LogP contribution is -2.38. The second-order valence-corrected chi connectivity index (χ2v) is 3.70. The summed E-state index contributed by atoms with van der Waals surface area (Å²) in [5.41, 5.74) is -1.91. The van der Waals surface area contributed by atoms with Crippen molar-refractivity contribution in [2.45, 2.75) is 18.9 Å². The van der Waals surface area contributed by atoms with Crippen molar-refractivity contribution < 1.29 is 9.53 Å². The second kappa shape index (κ2) is 4.91. The van der Waals surface area contributed by atoms with Crippen molar-refractivity contribution in [2.24, 2.45) is 0 Å². The molecule has 17 heavy (non-hydrogen) atoms. The van der Waals surface area contributed by atoms with Crippen LogP contribution in [-0.2, 0) is 4.74 Å². The predicted molar refractivity (Wildman–Crippen MR) is 56.8 cm³/mol. The first-order chi connectivity index (χ1) is 8.16. The highest BCUT2D eigenvalue weighted by molar-refractivity contribution is 5.91. The van der Waals surface area contributed by atoms with Gasteiger partial charge in [0.2, 0.25) is 5.69 Å². The first-order valence-corrected chi connectivity index (χ1v) is 5.25. The van der Waals surface area contributed by atoms with Crippen molar-refractivity contribution in [1.29, 1.82) is 0 Å². The van der Waals surface area contributed by atoms with Crippen molar-refractivity contribution in [3.63, 3.8) is 0 Å². The molecule has 2 rings (SSSR count). The van der Waals surface area contributed by atoms with Gasteiger partial charge in [0.1, 0.15) is 0 Å². The molecule has 0 saturated carbocycles. The number of ether oxygens (including phenoxy) is 1. The summed E-state index contributed by atoms with van der Waals surface area (Å²) in [5.74, 6) is -0.627. The van der Waals surface area contributed by atoms with Crippen LogP contribution in [0.2, 0.25) is 0 Å². The van der Waals surface area contributed by atoms with Gasteiger partial charge >= 0.3 is 5.69 Å². The molecular formula is C9H12N4O4. The molecule has 1 aromatic rings. The number of amides is 1. The van der Waals surface area contributed by atoms with Gasteiger partial charge in [0.25, 0.3) is 11.5 Å². The van der Waals surface area contributed by atoms with Crippen LogP contribution in [-0.4, -0.2) is 40.3 Å². The third-order valence-electron chi connectivity index (χ3n) is 2.44. The number of H-pyrrole nitrogens is 2. The highest BCUT2D eigenvalue weighted by Crippen LogP contribution is 2.10. The summed E-state index contributed by atoms with van der Waals surface area (Å²) < 4.78 is 5.31. The minimum atomic E-state index is -0.807. The maximum atomic E-state index is 11.6. The van der Waals surface area contributed by atoms with Crippen molar-refractivity contribution >= 4 is 5.91 Å². The molecule has 0 bridgehead atoms. The highest BCUT2D eigenvalue weighted by Gasteiger charge is 2.18. The lowest BCUT2D eigenvalue weighted by molar-refractivity contribution is 0.0851. The fourth-order valence-electron chi connectivity index (χ4n) is 1.60. The van der Waals surface area contributed by atoms with E-state index in [1.807, 2.05) is 10.1 Å². The Balaban J connectivity index is 1.99. The summed E-state index contributed by atoms with van der Waals surface area (Å²) in [6.07, 6.45) is 1.84. The number of carbonyl (C=O) groups is 1. The van der Waals surface area contributed by atoms with E-state index in [2.05, 4.69) is 10.4 Å². The van der Waals surface area contributed by atoms with Crippen molar-refractivity contribution in [3.05, 3.63) is 26.5 Å². The summed E-state index contributed by atoms with van der Waals surface area (Å²) in [5, 5.41) is 7.92. The molecule has 1 aromatic heterocycles. The molecule has 1 aliphatic rings. The van der Waals surface area contributed by atoms with E-state index in [0.717, 1.165) is 12.8 Å². The van der Waals surface area contributed by atoms with Crippen LogP contribution >= 0.6 is 0 Å². The molecule has 92 valence electrons. The molecule has 0 aliphatic carbocycles. The van der Waals surface area contributed by atoms with E-state index in [-0.39, 0.29) is 11.8 Å². The van der Waals surface area contributed by atoms with Gasteiger partial charge in [-0.1, -0.05) is 0 Å². The SMILES string of the molecule is O=C(NCC1CCCO1)c1n[nH]c(=O)[nH]c1=O. The van der Waals surface area contributed by atoms with E-state index in [1.165, 1.54) is 0 Å². The second-order valence-electron chi connectivity index (χ2n) is 3.70. The Morgan fingerprint density at radius 2 is 2.35 bits per heavy atom. The van der Waals surface area contributed by atoms with Gasteiger partial charge in [0.05, 0.1) is 6.10 Å². The number of rotatable bonds is 3. The van der Waals surface area contributed by atoms with E-state index >= 15 is 0 Å². The van der Waals surface area contributed by atoms with Crippen LogP contribution in [0.5, 0.6) is 0 Å². The summed E-state index contributed by atoms with van der Waals surface area (Å²) >= 11 is 0. The molecular weight excluding hydrogens is 228 g/mol.